The molecule has 0 radical (unpaired) electrons. The van der Waals surface area contributed by atoms with Gasteiger partial charge in [0.15, 0.2) is 0 Å². The van der Waals surface area contributed by atoms with Crippen LogP contribution in [0.2, 0.25) is 0 Å². The summed E-state index contributed by atoms with van der Waals surface area (Å²) in [4.78, 5) is 39.4. The van der Waals surface area contributed by atoms with Gasteiger partial charge in [-0.1, -0.05) is 0 Å². The summed E-state index contributed by atoms with van der Waals surface area (Å²) in [5, 5.41) is 0.921. The number of aromatic amines is 1. The Morgan fingerprint density at radius 2 is 1.57 bits per heavy atom. The molecule has 0 spiro atoms. The molecule has 0 atom stereocenters. The third-order valence-corrected chi connectivity index (χ3v) is 7.16. The molecule has 1 aromatic carbocycles. The number of halogens is 3. The Balaban J connectivity index is 1.24. The van der Waals surface area contributed by atoms with Crippen LogP contribution in [0.1, 0.15) is 45.0 Å². The van der Waals surface area contributed by atoms with Crippen LogP contribution in [-0.2, 0) is 0 Å². The summed E-state index contributed by atoms with van der Waals surface area (Å²) in [7, 11) is 2.05. The van der Waals surface area contributed by atoms with Crippen molar-refractivity contribution in [1.82, 2.24) is 24.7 Å². The number of rotatable bonds is 4. The summed E-state index contributed by atoms with van der Waals surface area (Å²) in [5.41, 5.74) is 2.70. The first-order chi connectivity index (χ1) is 17.7. The van der Waals surface area contributed by atoms with Crippen LogP contribution in [0.3, 0.4) is 0 Å². The van der Waals surface area contributed by atoms with Crippen LogP contribution in [0.15, 0.2) is 42.7 Å². The molecule has 0 aliphatic carbocycles. The van der Waals surface area contributed by atoms with E-state index in [2.05, 4.69) is 19.6 Å². The Bertz CT molecular complexity index is 1270. The average molecular weight is 516 g/mol. The third-order valence-electron chi connectivity index (χ3n) is 7.16. The van der Waals surface area contributed by atoms with E-state index in [1.165, 1.54) is 12.1 Å². The molecule has 1 N–H and O–H groups in total. The van der Waals surface area contributed by atoms with Gasteiger partial charge in [-0.2, -0.15) is 0 Å². The first-order valence-electron chi connectivity index (χ1n) is 12.3. The van der Waals surface area contributed by atoms with E-state index in [-0.39, 0.29) is 23.5 Å². The lowest BCUT2D eigenvalue weighted by molar-refractivity contribution is -0.274. The maximum absolute atomic E-state index is 13.1. The van der Waals surface area contributed by atoms with Crippen molar-refractivity contribution < 1.29 is 27.5 Å². The Morgan fingerprint density at radius 1 is 0.946 bits per heavy atom. The molecule has 11 heteroatoms. The predicted molar refractivity (Wildman–Crippen MR) is 130 cm³/mol. The van der Waals surface area contributed by atoms with Crippen molar-refractivity contribution in [3.63, 3.8) is 0 Å². The molecule has 0 saturated carbocycles. The molecule has 196 valence electrons. The molecule has 2 saturated heterocycles. The topological polar surface area (TPSA) is 81.8 Å². The molecule has 8 nitrogen and oxygen atoms in total. The average Bonchev–Trinajstić information content (AvgIpc) is 3.31. The molecule has 2 aliphatic heterocycles. The van der Waals surface area contributed by atoms with Gasteiger partial charge < -0.3 is 24.4 Å². The van der Waals surface area contributed by atoms with Gasteiger partial charge in [-0.15, -0.1) is 13.2 Å². The van der Waals surface area contributed by atoms with Crippen LogP contribution < -0.4 is 4.74 Å². The maximum Gasteiger partial charge on any atom is 0.573 e. The van der Waals surface area contributed by atoms with Crippen molar-refractivity contribution in [2.75, 3.05) is 46.3 Å². The summed E-state index contributed by atoms with van der Waals surface area (Å²) >= 11 is 0. The molecule has 2 aromatic heterocycles. The number of piperidine rings is 1. The SMILES string of the molecule is CN1CCN(C(=O)c2cnc3[nH]cc(C4CCN(C(=O)c5ccc(OC(F)(F)F)cc5)CC4)c3c2)CC1. The molecule has 3 aromatic rings. The summed E-state index contributed by atoms with van der Waals surface area (Å²) < 4.78 is 41.0. The van der Waals surface area contributed by atoms with Gasteiger partial charge in [0.1, 0.15) is 11.4 Å². The second kappa shape index (κ2) is 10.0. The number of ether oxygens (including phenoxy) is 1. The van der Waals surface area contributed by atoms with Gasteiger partial charge in [-0.25, -0.2) is 4.98 Å². The van der Waals surface area contributed by atoms with E-state index in [9.17, 15) is 22.8 Å². The number of nitrogens with zero attached hydrogens (tertiary/aromatic N) is 4. The monoisotopic (exact) mass is 515 g/mol. The fourth-order valence-electron chi connectivity index (χ4n) is 5.05. The number of likely N-dealkylation sites (N-methyl/N-ethyl adjacent to an activating group) is 1. The predicted octanol–water partition coefficient (Wildman–Crippen LogP) is 3.87. The van der Waals surface area contributed by atoms with Crippen molar-refractivity contribution in [3.8, 4) is 5.75 Å². The van der Waals surface area contributed by atoms with Crippen LogP contribution >= 0.6 is 0 Å². The van der Waals surface area contributed by atoms with E-state index < -0.39 is 6.36 Å². The molecule has 0 unspecified atom stereocenters. The number of piperazine rings is 1. The van der Waals surface area contributed by atoms with Crippen molar-refractivity contribution >= 4 is 22.8 Å². The molecular formula is C26H28F3N5O3. The normalized spacial score (nSPS) is 17.8. The number of carbonyl (C=O) groups excluding carboxylic acids is 2. The zero-order chi connectivity index (χ0) is 26.2. The Kier molecular flexibility index (Phi) is 6.80. The molecule has 4 heterocycles. The van der Waals surface area contributed by atoms with E-state index in [1.807, 2.05) is 24.2 Å². The first-order valence-corrected chi connectivity index (χ1v) is 12.3. The fraction of sp³-hybridized carbons (Fsp3) is 0.423. The highest BCUT2D eigenvalue weighted by Gasteiger charge is 2.31. The van der Waals surface area contributed by atoms with Gasteiger partial charge in [-0.3, -0.25) is 9.59 Å². The van der Waals surface area contributed by atoms with Crippen LogP contribution in [0.25, 0.3) is 11.0 Å². The minimum atomic E-state index is -4.77. The Morgan fingerprint density at radius 3 is 2.22 bits per heavy atom. The van der Waals surface area contributed by atoms with Gasteiger partial charge in [0, 0.05) is 62.6 Å². The smallest absolute Gasteiger partial charge is 0.406 e. The van der Waals surface area contributed by atoms with E-state index in [4.69, 9.17) is 0 Å². The van der Waals surface area contributed by atoms with Crippen molar-refractivity contribution in [2.24, 2.45) is 0 Å². The third kappa shape index (κ3) is 5.56. The lowest BCUT2D eigenvalue weighted by Gasteiger charge is -2.32. The summed E-state index contributed by atoms with van der Waals surface area (Å²) in [6.07, 6.45) is 0.234. The minimum absolute atomic E-state index is 0.0123. The highest BCUT2D eigenvalue weighted by Crippen LogP contribution is 2.34. The van der Waals surface area contributed by atoms with E-state index in [0.717, 1.165) is 54.7 Å². The second-order valence-electron chi connectivity index (χ2n) is 9.60. The van der Waals surface area contributed by atoms with E-state index in [0.29, 0.717) is 37.3 Å². The molecule has 2 aliphatic rings. The molecule has 2 amide bonds. The number of nitrogens with one attached hydrogen (secondary N) is 1. The number of fused-ring (bicyclic) bond motifs is 1. The number of amides is 2. The van der Waals surface area contributed by atoms with Crippen molar-refractivity contribution in [2.45, 2.75) is 25.1 Å². The lowest BCUT2D eigenvalue weighted by atomic mass is 9.89. The van der Waals surface area contributed by atoms with E-state index >= 15 is 0 Å². The molecule has 2 fully saturated rings. The summed E-state index contributed by atoms with van der Waals surface area (Å²) in [6, 6.07) is 6.90. The first kappa shape index (κ1) is 25.1. The standard InChI is InChI=1S/C26H28F3N5O3/c1-32-10-12-34(13-11-32)25(36)19-14-21-22(16-31-23(21)30-15-19)17-6-8-33(9-7-17)24(35)18-2-4-20(5-3-18)37-26(27,28)29/h2-5,14-17H,6-13H2,1H3,(H,30,31). The molecule has 37 heavy (non-hydrogen) atoms. The number of pyridine rings is 1. The van der Waals surface area contributed by atoms with Gasteiger partial charge in [-0.05, 0) is 61.7 Å². The molecule has 5 rings (SSSR count). The van der Waals surface area contributed by atoms with Gasteiger partial charge in [0.25, 0.3) is 11.8 Å². The summed E-state index contributed by atoms with van der Waals surface area (Å²) in [5.74, 6) is -0.406. The minimum Gasteiger partial charge on any atom is -0.406 e. The van der Waals surface area contributed by atoms with Crippen molar-refractivity contribution in [3.05, 3.63) is 59.4 Å². The highest BCUT2D eigenvalue weighted by atomic mass is 19.4. The number of aromatic nitrogens is 2. The van der Waals surface area contributed by atoms with Gasteiger partial charge in [0.2, 0.25) is 0 Å². The summed E-state index contributed by atoms with van der Waals surface area (Å²) in [6.45, 7) is 4.11. The Labute approximate surface area is 212 Å². The highest BCUT2D eigenvalue weighted by molar-refractivity contribution is 5.98. The maximum atomic E-state index is 13.1. The van der Waals surface area contributed by atoms with Crippen LogP contribution in [0.4, 0.5) is 13.2 Å². The zero-order valence-corrected chi connectivity index (χ0v) is 20.4. The Hall–Kier alpha value is -3.60. The number of hydrogen-bond acceptors (Lipinski definition) is 5. The molecule has 0 bridgehead atoms. The fourth-order valence-corrected chi connectivity index (χ4v) is 5.05. The quantitative estimate of drug-likeness (QED) is 0.571. The second-order valence-corrected chi connectivity index (χ2v) is 9.60. The number of alkyl halides is 3. The number of carbonyl (C=O) groups is 2. The lowest BCUT2D eigenvalue weighted by Crippen LogP contribution is -2.47. The number of hydrogen-bond donors (Lipinski definition) is 1. The van der Waals surface area contributed by atoms with Crippen LogP contribution in [0.5, 0.6) is 5.75 Å². The zero-order valence-electron chi connectivity index (χ0n) is 20.4. The van der Waals surface area contributed by atoms with Gasteiger partial charge in [0.05, 0.1) is 5.56 Å². The number of benzene rings is 1. The number of H-pyrrole nitrogens is 1. The van der Waals surface area contributed by atoms with Crippen LogP contribution in [-0.4, -0.2) is 89.2 Å². The largest absolute Gasteiger partial charge is 0.573 e. The van der Waals surface area contributed by atoms with E-state index in [1.54, 1.807) is 11.1 Å². The molecular weight excluding hydrogens is 487 g/mol. The van der Waals surface area contributed by atoms with Crippen LogP contribution in [0, 0.1) is 0 Å². The number of likely N-dealkylation sites (tertiary alicyclic amines) is 1. The van der Waals surface area contributed by atoms with Gasteiger partial charge >= 0.3 is 6.36 Å². The van der Waals surface area contributed by atoms with Crippen molar-refractivity contribution in [1.29, 1.82) is 0 Å².